The Kier molecular flexibility index (Phi) is 4.40. The van der Waals surface area contributed by atoms with Crippen molar-refractivity contribution < 1.29 is 10.2 Å². The van der Waals surface area contributed by atoms with Crippen LogP contribution in [0.15, 0.2) is 12.4 Å². The summed E-state index contributed by atoms with van der Waals surface area (Å²) in [5, 5.41) is 19.5. The Balaban J connectivity index is 2.03. The van der Waals surface area contributed by atoms with Gasteiger partial charge in [-0.05, 0) is 25.2 Å². The fourth-order valence-electron chi connectivity index (χ4n) is 3.21. The van der Waals surface area contributed by atoms with Crippen molar-refractivity contribution in [1.82, 2.24) is 9.55 Å². The van der Waals surface area contributed by atoms with Gasteiger partial charge in [0.05, 0.1) is 13.2 Å². The van der Waals surface area contributed by atoms with Gasteiger partial charge in [0.15, 0.2) is 0 Å². The summed E-state index contributed by atoms with van der Waals surface area (Å²) in [5.74, 6) is 1.49. The molecule has 102 valence electrons. The molecule has 0 unspecified atom stereocenters. The van der Waals surface area contributed by atoms with E-state index in [1.165, 1.54) is 12.8 Å². The van der Waals surface area contributed by atoms with Crippen LogP contribution in [0.2, 0.25) is 0 Å². The minimum Gasteiger partial charge on any atom is -0.396 e. The molecule has 0 saturated heterocycles. The summed E-state index contributed by atoms with van der Waals surface area (Å²) in [6, 6.07) is 0. The molecule has 0 aromatic carbocycles. The van der Waals surface area contributed by atoms with Gasteiger partial charge in [-0.3, -0.25) is 0 Å². The monoisotopic (exact) mass is 252 g/mol. The van der Waals surface area contributed by atoms with Gasteiger partial charge in [0.25, 0.3) is 0 Å². The summed E-state index contributed by atoms with van der Waals surface area (Å²) in [7, 11) is 1.98. The van der Waals surface area contributed by atoms with E-state index in [0.29, 0.717) is 5.92 Å². The Morgan fingerprint density at radius 1 is 1.33 bits per heavy atom. The van der Waals surface area contributed by atoms with Crippen LogP contribution in [0.3, 0.4) is 0 Å². The summed E-state index contributed by atoms with van der Waals surface area (Å²) in [5.41, 5.74) is -0.317. The molecule has 1 aliphatic rings. The highest BCUT2D eigenvalue weighted by molar-refractivity contribution is 4.96. The molecule has 0 bridgehead atoms. The first-order valence-electron chi connectivity index (χ1n) is 6.90. The van der Waals surface area contributed by atoms with Crippen molar-refractivity contribution >= 4 is 0 Å². The summed E-state index contributed by atoms with van der Waals surface area (Å²) in [6.07, 6.45) is 10.1. The second kappa shape index (κ2) is 5.85. The van der Waals surface area contributed by atoms with Crippen LogP contribution < -0.4 is 0 Å². The van der Waals surface area contributed by atoms with Gasteiger partial charge in [-0.25, -0.2) is 4.98 Å². The lowest BCUT2D eigenvalue weighted by Crippen LogP contribution is -2.37. The highest BCUT2D eigenvalue weighted by Gasteiger charge is 2.39. The van der Waals surface area contributed by atoms with E-state index in [1.807, 2.05) is 17.8 Å². The molecular formula is C14H24N2O2. The van der Waals surface area contributed by atoms with Crippen molar-refractivity contribution in [2.24, 2.45) is 18.4 Å². The highest BCUT2D eigenvalue weighted by atomic mass is 16.3. The van der Waals surface area contributed by atoms with Crippen LogP contribution >= 0.6 is 0 Å². The van der Waals surface area contributed by atoms with Gasteiger partial charge >= 0.3 is 0 Å². The molecule has 1 fully saturated rings. The molecule has 4 nitrogen and oxygen atoms in total. The Hall–Kier alpha value is -0.870. The predicted octanol–water partition coefficient (Wildman–Crippen LogP) is 1.51. The van der Waals surface area contributed by atoms with E-state index in [1.54, 1.807) is 6.20 Å². The van der Waals surface area contributed by atoms with Gasteiger partial charge in [-0.2, -0.15) is 0 Å². The molecule has 1 heterocycles. The molecule has 18 heavy (non-hydrogen) atoms. The average molecular weight is 252 g/mol. The van der Waals surface area contributed by atoms with E-state index >= 15 is 0 Å². The van der Waals surface area contributed by atoms with Crippen molar-refractivity contribution in [3.8, 4) is 0 Å². The zero-order valence-corrected chi connectivity index (χ0v) is 11.2. The molecule has 2 N–H and O–H groups in total. The van der Waals surface area contributed by atoms with Gasteiger partial charge in [0.2, 0.25) is 0 Å². The lowest BCUT2D eigenvalue weighted by Gasteiger charge is -2.36. The molecule has 0 amide bonds. The fourth-order valence-corrected chi connectivity index (χ4v) is 3.21. The zero-order chi connectivity index (χ0) is 13.0. The van der Waals surface area contributed by atoms with Gasteiger partial charge < -0.3 is 14.8 Å². The van der Waals surface area contributed by atoms with Crippen molar-refractivity contribution in [2.75, 3.05) is 13.2 Å². The summed E-state index contributed by atoms with van der Waals surface area (Å²) >= 11 is 0. The molecule has 1 aromatic rings. The lowest BCUT2D eigenvalue weighted by molar-refractivity contribution is -0.00172. The van der Waals surface area contributed by atoms with Crippen LogP contribution in [0.5, 0.6) is 0 Å². The first-order valence-corrected chi connectivity index (χ1v) is 6.90. The number of aryl methyl sites for hydroxylation is 2. The zero-order valence-electron chi connectivity index (χ0n) is 11.2. The molecule has 1 aliphatic carbocycles. The standard InChI is InChI=1S/C14H24N2O2/c1-16-9-8-15-13(16)6-7-14(10-17,11-18)12-4-2-3-5-12/h8-9,12,17-18H,2-7,10-11H2,1H3. The van der Waals surface area contributed by atoms with Gasteiger partial charge in [-0.15, -0.1) is 0 Å². The summed E-state index contributed by atoms with van der Waals surface area (Å²) in [6.45, 7) is 0.164. The second-order valence-electron chi connectivity index (χ2n) is 5.61. The summed E-state index contributed by atoms with van der Waals surface area (Å²) in [4.78, 5) is 4.31. The summed E-state index contributed by atoms with van der Waals surface area (Å²) < 4.78 is 2.01. The number of hydrogen-bond donors (Lipinski definition) is 2. The van der Waals surface area contributed by atoms with Gasteiger partial charge in [-0.1, -0.05) is 12.8 Å². The second-order valence-corrected chi connectivity index (χ2v) is 5.61. The minimum absolute atomic E-state index is 0.0819. The minimum atomic E-state index is -0.317. The van der Waals surface area contributed by atoms with Crippen LogP contribution in [0.4, 0.5) is 0 Å². The van der Waals surface area contributed by atoms with E-state index in [2.05, 4.69) is 4.98 Å². The van der Waals surface area contributed by atoms with Crippen molar-refractivity contribution in [3.63, 3.8) is 0 Å². The van der Waals surface area contributed by atoms with Crippen molar-refractivity contribution in [2.45, 2.75) is 38.5 Å². The SMILES string of the molecule is Cn1ccnc1CCC(CO)(CO)C1CCCC1. The highest BCUT2D eigenvalue weighted by Crippen LogP contribution is 2.42. The molecular weight excluding hydrogens is 228 g/mol. The van der Waals surface area contributed by atoms with E-state index in [-0.39, 0.29) is 18.6 Å². The van der Waals surface area contributed by atoms with E-state index in [9.17, 15) is 10.2 Å². The number of aromatic nitrogens is 2. The molecule has 0 radical (unpaired) electrons. The fraction of sp³-hybridized carbons (Fsp3) is 0.786. The molecule has 0 spiro atoms. The quantitative estimate of drug-likeness (QED) is 0.807. The third kappa shape index (κ3) is 2.59. The van der Waals surface area contributed by atoms with Crippen LogP contribution in [0.25, 0.3) is 0 Å². The Bertz CT molecular complexity index is 366. The molecule has 0 atom stereocenters. The van der Waals surface area contributed by atoms with Crippen LogP contribution in [0.1, 0.15) is 37.9 Å². The molecule has 1 saturated carbocycles. The van der Waals surface area contributed by atoms with Gasteiger partial charge in [0.1, 0.15) is 5.82 Å². The number of hydrogen-bond acceptors (Lipinski definition) is 3. The first-order chi connectivity index (χ1) is 8.72. The predicted molar refractivity (Wildman–Crippen MR) is 70.1 cm³/mol. The third-order valence-electron chi connectivity index (χ3n) is 4.62. The van der Waals surface area contributed by atoms with E-state index < -0.39 is 0 Å². The Morgan fingerprint density at radius 3 is 2.50 bits per heavy atom. The van der Waals surface area contributed by atoms with Crippen LogP contribution in [0, 0.1) is 11.3 Å². The smallest absolute Gasteiger partial charge is 0.108 e. The van der Waals surface area contributed by atoms with Crippen molar-refractivity contribution in [3.05, 3.63) is 18.2 Å². The number of aliphatic hydroxyl groups is 2. The van der Waals surface area contributed by atoms with Crippen LogP contribution in [-0.2, 0) is 13.5 Å². The maximum absolute atomic E-state index is 9.75. The molecule has 0 aliphatic heterocycles. The van der Waals surface area contributed by atoms with E-state index in [0.717, 1.165) is 31.5 Å². The molecule has 4 heteroatoms. The first kappa shape index (κ1) is 13.6. The average Bonchev–Trinajstić information content (AvgIpc) is 3.04. The molecule has 2 rings (SSSR count). The topological polar surface area (TPSA) is 58.3 Å². The Labute approximate surface area is 109 Å². The van der Waals surface area contributed by atoms with Crippen molar-refractivity contribution in [1.29, 1.82) is 0 Å². The Morgan fingerprint density at radius 2 is 2.00 bits per heavy atom. The van der Waals surface area contributed by atoms with Crippen LogP contribution in [-0.4, -0.2) is 33.0 Å². The lowest BCUT2D eigenvalue weighted by atomic mass is 9.72. The number of imidazole rings is 1. The maximum Gasteiger partial charge on any atom is 0.108 e. The number of nitrogens with zero attached hydrogens (tertiary/aromatic N) is 2. The number of rotatable bonds is 6. The van der Waals surface area contributed by atoms with Gasteiger partial charge in [0, 0.05) is 31.3 Å². The normalized spacial score (nSPS) is 17.5. The third-order valence-corrected chi connectivity index (χ3v) is 4.62. The van der Waals surface area contributed by atoms with E-state index in [4.69, 9.17) is 0 Å². The largest absolute Gasteiger partial charge is 0.396 e. The number of aliphatic hydroxyl groups excluding tert-OH is 2. The maximum atomic E-state index is 9.75. The molecule has 1 aromatic heterocycles.